The minimum absolute atomic E-state index is 0.209. The van der Waals surface area contributed by atoms with Crippen LogP contribution in [0, 0.1) is 0 Å². The van der Waals surface area contributed by atoms with Crippen LogP contribution in [0.3, 0.4) is 0 Å². The number of rotatable bonds is 3. The maximum absolute atomic E-state index is 11.3. The first-order valence-electron chi connectivity index (χ1n) is 7.92. The first kappa shape index (κ1) is 20.3. The molecule has 2 aromatic carbocycles. The van der Waals surface area contributed by atoms with Gasteiger partial charge >= 0.3 is 6.09 Å². The minimum Gasteiger partial charge on any atom is -0.508 e. The van der Waals surface area contributed by atoms with Crippen LogP contribution in [0.5, 0.6) is 11.5 Å². The fourth-order valence-corrected chi connectivity index (χ4v) is 1.73. The molecular formula is C19H26N2O4. The van der Waals surface area contributed by atoms with E-state index >= 15 is 0 Å². The summed E-state index contributed by atoms with van der Waals surface area (Å²) in [6, 6.07) is 13.5. The fraction of sp³-hybridized carbons (Fsp3) is 0.316. The average Bonchev–Trinajstić information content (AvgIpc) is 2.54. The Morgan fingerprint density at radius 2 is 1.40 bits per heavy atom. The lowest BCUT2D eigenvalue weighted by Gasteiger charge is -2.19. The van der Waals surface area contributed by atoms with Crippen molar-refractivity contribution in [3.63, 3.8) is 0 Å². The standard InChI is InChI=1S/C12H17NO3.C7H9NO/c1-12(2,3)16-11(15)13-8-9-4-6-10(14)7-5-9;8-5-6-1-3-7(9)4-2-6/h4-7,14H,8H2,1-3H3,(H,13,15);1-4,9H,5,8H2. The van der Waals surface area contributed by atoms with E-state index in [-0.39, 0.29) is 11.5 Å². The van der Waals surface area contributed by atoms with Crippen LogP contribution in [0.1, 0.15) is 31.9 Å². The van der Waals surface area contributed by atoms with Crippen molar-refractivity contribution in [3.05, 3.63) is 59.7 Å². The summed E-state index contributed by atoms with van der Waals surface area (Å²) >= 11 is 0. The lowest BCUT2D eigenvalue weighted by atomic mass is 10.2. The number of carbonyl (C=O) groups is 1. The minimum atomic E-state index is -0.487. The Morgan fingerprint density at radius 1 is 0.960 bits per heavy atom. The normalized spacial score (nSPS) is 10.4. The van der Waals surface area contributed by atoms with Crippen molar-refractivity contribution < 1.29 is 19.7 Å². The van der Waals surface area contributed by atoms with Crippen LogP contribution in [0.25, 0.3) is 0 Å². The van der Waals surface area contributed by atoms with Gasteiger partial charge in [-0.2, -0.15) is 0 Å². The van der Waals surface area contributed by atoms with E-state index in [0.717, 1.165) is 11.1 Å². The Kier molecular flexibility index (Phi) is 7.75. The maximum atomic E-state index is 11.3. The van der Waals surface area contributed by atoms with Crippen LogP contribution in [-0.4, -0.2) is 21.9 Å². The zero-order valence-corrected chi connectivity index (χ0v) is 14.8. The number of hydrogen-bond acceptors (Lipinski definition) is 5. The number of carbonyl (C=O) groups excluding carboxylic acids is 1. The Balaban J connectivity index is 0.000000293. The van der Waals surface area contributed by atoms with Crippen LogP contribution in [0.4, 0.5) is 4.79 Å². The summed E-state index contributed by atoms with van der Waals surface area (Å²) in [7, 11) is 0. The van der Waals surface area contributed by atoms with Gasteiger partial charge in [0, 0.05) is 13.1 Å². The van der Waals surface area contributed by atoms with E-state index in [1.54, 1.807) is 48.5 Å². The van der Waals surface area contributed by atoms with Gasteiger partial charge in [-0.05, 0) is 56.2 Å². The molecule has 0 fully saturated rings. The van der Waals surface area contributed by atoms with Crippen molar-refractivity contribution in [2.24, 2.45) is 5.73 Å². The zero-order valence-electron chi connectivity index (χ0n) is 14.8. The molecule has 5 N–H and O–H groups in total. The molecule has 0 saturated heterocycles. The zero-order chi connectivity index (χ0) is 18.9. The number of benzene rings is 2. The fourth-order valence-electron chi connectivity index (χ4n) is 1.73. The SMILES string of the molecule is CC(C)(C)OC(=O)NCc1ccc(O)cc1.NCc1ccc(O)cc1. The summed E-state index contributed by atoms with van der Waals surface area (Å²) in [5.74, 6) is 0.494. The predicted octanol–water partition coefficient (Wildman–Crippen LogP) is 3.27. The van der Waals surface area contributed by atoms with Gasteiger partial charge in [0.1, 0.15) is 17.1 Å². The Hall–Kier alpha value is -2.73. The summed E-state index contributed by atoms with van der Waals surface area (Å²) in [6.07, 6.45) is -0.444. The largest absolute Gasteiger partial charge is 0.508 e. The number of amides is 1. The summed E-state index contributed by atoms with van der Waals surface area (Å²) < 4.78 is 5.08. The molecular weight excluding hydrogens is 320 g/mol. The molecule has 2 aromatic rings. The van der Waals surface area contributed by atoms with E-state index in [4.69, 9.17) is 20.7 Å². The van der Waals surface area contributed by atoms with Crippen LogP contribution in [-0.2, 0) is 17.8 Å². The van der Waals surface area contributed by atoms with Gasteiger partial charge in [0.05, 0.1) is 0 Å². The lowest BCUT2D eigenvalue weighted by Crippen LogP contribution is -2.32. The number of hydrogen-bond donors (Lipinski definition) is 4. The number of ether oxygens (including phenoxy) is 1. The van der Waals surface area contributed by atoms with Crippen LogP contribution >= 0.6 is 0 Å². The molecule has 136 valence electrons. The van der Waals surface area contributed by atoms with Crippen molar-refractivity contribution in [1.82, 2.24) is 5.32 Å². The molecule has 0 heterocycles. The maximum Gasteiger partial charge on any atom is 0.407 e. The summed E-state index contributed by atoms with van der Waals surface area (Å²) in [4.78, 5) is 11.3. The molecule has 0 atom stereocenters. The van der Waals surface area contributed by atoms with Crippen LogP contribution in [0.2, 0.25) is 0 Å². The molecule has 0 saturated carbocycles. The van der Waals surface area contributed by atoms with Gasteiger partial charge < -0.3 is 26.0 Å². The summed E-state index contributed by atoms with van der Waals surface area (Å²) in [6.45, 7) is 6.35. The van der Waals surface area contributed by atoms with Crippen molar-refractivity contribution in [2.75, 3.05) is 0 Å². The lowest BCUT2D eigenvalue weighted by molar-refractivity contribution is 0.0523. The van der Waals surface area contributed by atoms with Crippen LogP contribution < -0.4 is 11.1 Å². The van der Waals surface area contributed by atoms with E-state index in [9.17, 15) is 4.79 Å². The molecule has 2 rings (SSSR count). The molecule has 0 aliphatic rings. The van der Waals surface area contributed by atoms with Crippen molar-refractivity contribution in [1.29, 1.82) is 0 Å². The molecule has 0 aliphatic heterocycles. The van der Waals surface area contributed by atoms with Crippen LogP contribution in [0.15, 0.2) is 48.5 Å². The molecule has 6 nitrogen and oxygen atoms in total. The van der Waals surface area contributed by atoms with E-state index in [2.05, 4.69) is 5.32 Å². The summed E-state index contributed by atoms with van der Waals surface area (Å²) in [5, 5.41) is 20.5. The predicted molar refractivity (Wildman–Crippen MR) is 97.2 cm³/mol. The Labute approximate surface area is 148 Å². The van der Waals surface area contributed by atoms with Gasteiger partial charge in [-0.15, -0.1) is 0 Å². The third-order valence-corrected chi connectivity index (χ3v) is 2.94. The van der Waals surface area contributed by atoms with Gasteiger partial charge in [-0.3, -0.25) is 0 Å². The highest BCUT2D eigenvalue weighted by molar-refractivity contribution is 5.67. The summed E-state index contributed by atoms with van der Waals surface area (Å²) in [5.41, 5.74) is 6.77. The Bertz CT molecular complexity index is 647. The Morgan fingerprint density at radius 3 is 1.80 bits per heavy atom. The molecule has 0 spiro atoms. The third kappa shape index (κ3) is 9.22. The van der Waals surface area contributed by atoms with Gasteiger partial charge in [-0.1, -0.05) is 24.3 Å². The average molecular weight is 346 g/mol. The number of aromatic hydroxyl groups is 2. The first-order valence-corrected chi connectivity index (χ1v) is 7.92. The number of nitrogens with two attached hydrogens (primary N) is 1. The molecule has 0 bridgehead atoms. The number of nitrogens with one attached hydrogen (secondary N) is 1. The highest BCUT2D eigenvalue weighted by Gasteiger charge is 2.15. The van der Waals surface area contributed by atoms with Crippen molar-refractivity contribution >= 4 is 6.09 Å². The molecule has 25 heavy (non-hydrogen) atoms. The van der Waals surface area contributed by atoms with Gasteiger partial charge in [0.2, 0.25) is 0 Å². The quantitative estimate of drug-likeness (QED) is 0.683. The van der Waals surface area contributed by atoms with E-state index in [1.807, 2.05) is 20.8 Å². The molecule has 6 heteroatoms. The molecule has 0 unspecified atom stereocenters. The first-order chi connectivity index (χ1) is 11.7. The van der Waals surface area contributed by atoms with Gasteiger partial charge in [0.15, 0.2) is 0 Å². The highest BCUT2D eigenvalue weighted by Crippen LogP contribution is 2.10. The number of alkyl carbamates (subject to hydrolysis) is 1. The number of phenols is 2. The van der Waals surface area contributed by atoms with Crippen molar-refractivity contribution in [2.45, 2.75) is 39.5 Å². The molecule has 0 aromatic heterocycles. The monoisotopic (exact) mass is 346 g/mol. The molecule has 0 aliphatic carbocycles. The second-order valence-electron chi connectivity index (χ2n) is 6.39. The second kappa shape index (κ2) is 9.54. The van der Waals surface area contributed by atoms with E-state index < -0.39 is 11.7 Å². The van der Waals surface area contributed by atoms with E-state index in [0.29, 0.717) is 13.1 Å². The van der Waals surface area contributed by atoms with Gasteiger partial charge in [-0.25, -0.2) is 4.79 Å². The third-order valence-electron chi connectivity index (χ3n) is 2.94. The highest BCUT2D eigenvalue weighted by atomic mass is 16.6. The molecule has 1 amide bonds. The smallest absolute Gasteiger partial charge is 0.407 e. The number of phenolic OH excluding ortho intramolecular Hbond substituents is 2. The second-order valence-corrected chi connectivity index (χ2v) is 6.39. The van der Waals surface area contributed by atoms with Crippen molar-refractivity contribution in [3.8, 4) is 11.5 Å². The van der Waals surface area contributed by atoms with E-state index in [1.165, 1.54) is 0 Å². The topological polar surface area (TPSA) is 105 Å². The van der Waals surface area contributed by atoms with Gasteiger partial charge in [0.25, 0.3) is 0 Å². The molecule has 0 radical (unpaired) electrons.